The van der Waals surface area contributed by atoms with Crippen LogP contribution in [0.5, 0.6) is 5.75 Å². The highest BCUT2D eigenvalue weighted by atomic mass is 16.5. The number of carboxylic acids is 1. The second-order valence-electron chi connectivity index (χ2n) is 5.07. The van der Waals surface area contributed by atoms with Crippen molar-refractivity contribution in [1.29, 1.82) is 0 Å². The minimum absolute atomic E-state index is 0.0648. The average Bonchev–Trinajstić information content (AvgIpc) is 2.87. The van der Waals surface area contributed by atoms with E-state index in [0.29, 0.717) is 30.6 Å². The van der Waals surface area contributed by atoms with Crippen LogP contribution in [0.15, 0.2) is 24.3 Å². The van der Waals surface area contributed by atoms with Gasteiger partial charge in [0.15, 0.2) is 5.78 Å². The highest BCUT2D eigenvalue weighted by Crippen LogP contribution is 2.34. The number of ketones is 1. The van der Waals surface area contributed by atoms with Crippen LogP contribution < -0.4 is 4.74 Å². The number of Topliss-reactive ketones (excluding diaryl/α,β-unsaturated/α-hetero) is 1. The Labute approximate surface area is 112 Å². The van der Waals surface area contributed by atoms with Gasteiger partial charge in [0.1, 0.15) is 5.75 Å². The highest BCUT2D eigenvalue weighted by molar-refractivity contribution is 5.96. The van der Waals surface area contributed by atoms with E-state index < -0.39 is 5.97 Å². The first-order valence-electron chi connectivity index (χ1n) is 6.50. The zero-order valence-electron chi connectivity index (χ0n) is 11.0. The molecule has 0 saturated heterocycles. The van der Waals surface area contributed by atoms with Gasteiger partial charge in [-0.1, -0.05) is 12.1 Å². The smallest absolute Gasteiger partial charge is 0.306 e. The van der Waals surface area contributed by atoms with Gasteiger partial charge < -0.3 is 9.84 Å². The Morgan fingerprint density at radius 1 is 1.37 bits per heavy atom. The predicted molar refractivity (Wildman–Crippen MR) is 70.4 cm³/mol. The minimum atomic E-state index is -0.740. The van der Waals surface area contributed by atoms with Crippen molar-refractivity contribution in [3.63, 3.8) is 0 Å². The van der Waals surface area contributed by atoms with Crippen LogP contribution >= 0.6 is 0 Å². The van der Waals surface area contributed by atoms with Crippen LogP contribution in [0, 0.1) is 11.8 Å². The molecule has 0 amide bonds. The van der Waals surface area contributed by atoms with Crippen molar-refractivity contribution in [1.82, 2.24) is 0 Å². The van der Waals surface area contributed by atoms with E-state index in [1.54, 1.807) is 31.4 Å². The summed E-state index contributed by atoms with van der Waals surface area (Å²) in [5, 5.41) is 8.95. The van der Waals surface area contributed by atoms with Gasteiger partial charge in [0.25, 0.3) is 0 Å². The first-order chi connectivity index (χ1) is 9.10. The SMILES string of the molecule is COc1cccc(C(=O)C[C@H]2CC[C@@H](C(=O)O)C2)c1. The van der Waals surface area contributed by atoms with Crippen LogP contribution in [0.1, 0.15) is 36.0 Å². The zero-order valence-corrected chi connectivity index (χ0v) is 11.0. The molecule has 0 heterocycles. The van der Waals surface area contributed by atoms with Crippen molar-refractivity contribution < 1.29 is 19.4 Å². The quantitative estimate of drug-likeness (QED) is 0.829. The number of carbonyl (C=O) groups is 2. The van der Waals surface area contributed by atoms with Gasteiger partial charge in [-0.25, -0.2) is 0 Å². The number of hydrogen-bond acceptors (Lipinski definition) is 3. The molecule has 0 spiro atoms. The van der Waals surface area contributed by atoms with Crippen molar-refractivity contribution in [2.45, 2.75) is 25.7 Å². The summed E-state index contributed by atoms with van der Waals surface area (Å²) in [7, 11) is 1.57. The fourth-order valence-electron chi connectivity index (χ4n) is 2.66. The molecule has 0 unspecified atom stereocenters. The van der Waals surface area contributed by atoms with Crippen molar-refractivity contribution in [2.24, 2.45) is 11.8 Å². The molecule has 0 bridgehead atoms. The van der Waals surface area contributed by atoms with Crippen molar-refractivity contribution in [3.8, 4) is 5.75 Å². The fraction of sp³-hybridized carbons (Fsp3) is 0.467. The summed E-state index contributed by atoms with van der Waals surface area (Å²) < 4.78 is 5.09. The molecule has 0 aliphatic heterocycles. The minimum Gasteiger partial charge on any atom is -0.497 e. The lowest BCUT2D eigenvalue weighted by Gasteiger charge is -2.09. The Hall–Kier alpha value is -1.84. The number of ether oxygens (including phenoxy) is 1. The summed E-state index contributed by atoms with van der Waals surface area (Å²) in [6, 6.07) is 7.09. The average molecular weight is 262 g/mol. The summed E-state index contributed by atoms with van der Waals surface area (Å²) in [6.07, 6.45) is 2.56. The monoisotopic (exact) mass is 262 g/mol. The molecule has 1 aliphatic rings. The molecule has 1 aromatic carbocycles. The molecule has 1 aliphatic carbocycles. The third-order valence-electron chi connectivity index (χ3n) is 3.76. The standard InChI is InChI=1S/C15H18O4/c1-19-13-4-2-3-11(9-13)14(16)8-10-5-6-12(7-10)15(17)18/h2-4,9-10,12H,5-8H2,1H3,(H,17,18)/t10-,12+/m0/s1. The molecule has 0 radical (unpaired) electrons. The second kappa shape index (κ2) is 5.87. The Morgan fingerprint density at radius 2 is 2.16 bits per heavy atom. The maximum atomic E-state index is 12.1. The molecule has 1 fully saturated rings. The second-order valence-corrected chi connectivity index (χ2v) is 5.07. The van der Waals surface area contributed by atoms with Gasteiger partial charge in [0.2, 0.25) is 0 Å². The van der Waals surface area contributed by atoms with Gasteiger partial charge in [-0.2, -0.15) is 0 Å². The van der Waals surface area contributed by atoms with E-state index in [0.717, 1.165) is 6.42 Å². The number of aliphatic carboxylic acids is 1. The molecule has 0 aromatic heterocycles. The van der Waals surface area contributed by atoms with Crippen molar-refractivity contribution in [3.05, 3.63) is 29.8 Å². The number of carbonyl (C=O) groups excluding carboxylic acids is 1. The molecule has 1 saturated carbocycles. The molecule has 2 rings (SSSR count). The van der Waals surface area contributed by atoms with Crippen LogP contribution in [0.3, 0.4) is 0 Å². The van der Waals surface area contributed by atoms with E-state index in [1.165, 1.54) is 0 Å². The van der Waals surface area contributed by atoms with Gasteiger partial charge in [-0.15, -0.1) is 0 Å². The number of rotatable bonds is 5. The number of benzene rings is 1. The highest BCUT2D eigenvalue weighted by Gasteiger charge is 2.30. The fourth-order valence-corrected chi connectivity index (χ4v) is 2.66. The summed E-state index contributed by atoms with van der Waals surface area (Å²) in [6.45, 7) is 0. The van der Waals surface area contributed by atoms with Crippen molar-refractivity contribution >= 4 is 11.8 Å². The molecular weight excluding hydrogens is 244 g/mol. The Bertz CT molecular complexity index is 481. The lowest BCUT2D eigenvalue weighted by atomic mass is 9.96. The molecule has 102 valence electrons. The molecule has 4 nitrogen and oxygen atoms in total. The van der Waals surface area contributed by atoms with E-state index in [4.69, 9.17) is 9.84 Å². The molecule has 2 atom stereocenters. The molecular formula is C15H18O4. The Morgan fingerprint density at radius 3 is 2.79 bits per heavy atom. The number of methoxy groups -OCH3 is 1. The van der Waals surface area contributed by atoms with E-state index in [9.17, 15) is 9.59 Å². The third-order valence-corrected chi connectivity index (χ3v) is 3.76. The first-order valence-corrected chi connectivity index (χ1v) is 6.50. The van der Waals surface area contributed by atoms with Gasteiger partial charge in [0.05, 0.1) is 13.0 Å². The molecule has 19 heavy (non-hydrogen) atoms. The van der Waals surface area contributed by atoms with E-state index in [-0.39, 0.29) is 17.6 Å². The van der Waals surface area contributed by atoms with Crippen LogP contribution in [-0.4, -0.2) is 24.0 Å². The summed E-state index contributed by atoms with van der Waals surface area (Å²) in [5.41, 5.74) is 0.637. The van der Waals surface area contributed by atoms with Gasteiger partial charge in [-0.05, 0) is 37.3 Å². The largest absolute Gasteiger partial charge is 0.497 e. The Kier molecular flexibility index (Phi) is 4.20. The maximum absolute atomic E-state index is 12.1. The Balaban J connectivity index is 1.96. The van der Waals surface area contributed by atoms with E-state index >= 15 is 0 Å². The van der Waals surface area contributed by atoms with Crippen LogP contribution in [0.25, 0.3) is 0 Å². The summed E-state index contributed by atoms with van der Waals surface area (Å²) in [5.74, 6) is -0.0881. The summed E-state index contributed by atoms with van der Waals surface area (Å²) in [4.78, 5) is 23.0. The normalized spacial score (nSPS) is 22.2. The van der Waals surface area contributed by atoms with E-state index in [1.807, 2.05) is 0 Å². The van der Waals surface area contributed by atoms with Crippen LogP contribution in [0.2, 0.25) is 0 Å². The van der Waals surface area contributed by atoms with Crippen molar-refractivity contribution in [2.75, 3.05) is 7.11 Å². The zero-order chi connectivity index (χ0) is 13.8. The van der Waals surface area contributed by atoms with Gasteiger partial charge >= 0.3 is 5.97 Å². The lowest BCUT2D eigenvalue weighted by molar-refractivity contribution is -0.141. The van der Waals surface area contributed by atoms with Gasteiger partial charge in [-0.3, -0.25) is 9.59 Å². The lowest BCUT2D eigenvalue weighted by Crippen LogP contribution is -2.11. The number of carboxylic acid groups (broad SMARTS) is 1. The van der Waals surface area contributed by atoms with Crippen LogP contribution in [-0.2, 0) is 4.79 Å². The topological polar surface area (TPSA) is 63.6 Å². The predicted octanol–water partition coefficient (Wildman–Crippen LogP) is 2.77. The first kappa shape index (κ1) is 13.6. The van der Waals surface area contributed by atoms with E-state index in [2.05, 4.69) is 0 Å². The van der Waals surface area contributed by atoms with Crippen LogP contribution in [0.4, 0.5) is 0 Å². The molecule has 1 aromatic rings. The number of hydrogen-bond donors (Lipinski definition) is 1. The van der Waals surface area contributed by atoms with Gasteiger partial charge in [0, 0.05) is 12.0 Å². The molecule has 1 N–H and O–H groups in total. The molecule has 4 heteroatoms. The maximum Gasteiger partial charge on any atom is 0.306 e. The third kappa shape index (κ3) is 3.34. The summed E-state index contributed by atoms with van der Waals surface area (Å²) >= 11 is 0.